The Balaban J connectivity index is 1.99. The van der Waals surface area contributed by atoms with Gasteiger partial charge in [-0.2, -0.15) is 0 Å². The Morgan fingerprint density at radius 2 is 2.19 bits per heavy atom. The molecule has 1 aliphatic rings. The maximum Gasteiger partial charge on any atom is 0.0375 e. The zero-order valence-electron chi connectivity index (χ0n) is 13.5. The Kier molecular flexibility index (Phi) is 6.52. The van der Waals surface area contributed by atoms with Crippen LogP contribution in [0.5, 0.6) is 0 Å². The van der Waals surface area contributed by atoms with Gasteiger partial charge in [0.15, 0.2) is 0 Å². The van der Waals surface area contributed by atoms with Crippen LogP contribution in [-0.2, 0) is 6.54 Å². The summed E-state index contributed by atoms with van der Waals surface area (Å²) in [7, 11) is 2.21. The third-order valence-electron chi connectivity index (χ3n) is 4.43. The molecule has 1 aromatic carbocycles. The first-order chi connectivity index (χ1) is 10.2. The Hall–Kier alpha value is -0.580. The van der Waals surface area contributed by atoms with E-state index >= 15 is 0 Å². The summed E-state index contributed by atoms with van der Waals surface area (Å²) in [6.07, 6.45) is 2.68. The number of likely N-dealkylation sites (N-methyl/N-ethyl adjacent to an activating group) is 2. The monoisotopic (exact) mass is 353 g/mol. The molecule has 118 valence electrons. The summed E-state index contributed by atoms with van der Waals surface area (Å²) < 4.78 is 1.20. The van der Waals surface area contributed by atoms with Gasteiger partial charge in [0.1, 0.15) is 0 Å². The van der Waals surface area contributed by atoms with E-state index in [2.05, 4.69) is 70.1 Å². The average Bonchev–Trinajstić information content (AvgIpc) is 2.93. The molecule has 0 aliphatic carbocycles. The predicted molar refractivity (Wildman–Crippen MR) is 95.1 cm³/mol. The van der Waals surface area contributed by atoms with E-state index in [-0.39, 0.29) is 0 Å². The zero-order chi connectivity index (χ0) is 15.2. The van der Waals surface area contributed by atoms with Crippen molar-refractivity contribution in [3.05, 3.63) is 28.2 Å². The van der Waals surface area contributed by atoms with Crippen LogP contribution in [0.2, 0.25) is 0 Å². The Labute approximate surface area is 137 Å². The fraction of sp³-hybridized carbons (Fsp3) is 0.647. The van der Waals surface area contributed by atoms with Gasteiger partial charge in [0, 0.05) is 36.3 Å². The maximum absolute atomic E-state index is 3.71. The number of hydrogen-bond donors (Lipinski definition) is 1. The van der Waals surface area contributed by atoms with Crippen molar-refractivity contribution >= 4 is 21.6 Å². The van der Waals surface area contributed by atoms with Crippen LogP contribution in [0.4, 0.5) is 5.69 Å². The molecule has 0 radical (unpaired) electrons. The molecule has 0 aromatic heterocycles. The fourth-order valence-corrected chi connectivity index (χ4v) is 3.62. The number of nitrogens with one attached hydrogen (secondary N) is 1. The van der Waals surface area contributed by atoms with Crippen molar-refractivity contribution in [2.24, 2.45) is 0 Å². The molecule has 1 heterocycles. The molecule has 2 rings (SSSR count). The quantitative estimate of drug-likeness (QED) is 0.809. The molecule has 1 saturated heterocycles. The van der Waals surface area contributed by atoms with E-state index in [0.29, 0.717) is 6.04 Å². The van der Waals surface area contributed by atoms with E-state index in [1.54, 1.807) is 0 Å². The van der Waals surface area contributed by atoms with Crippen LogP contribution < -0.4 is 10.2 Å². The number of nitrogens with zero attached hydrogens (tertiary/aromatic N) is 2. The summed E-state index contributed by atoms with van der Waals surface area (Å²) >= 11 is 3.71. The topological polar surface area (TPSA) is 18.5 Å². The smallest absolute Gasteiger partial charge is 0.0375 e. The lowest BCUT2D eigenvalue weighted by Crippen LogP contribution is -2.38. The number of anilines is 1. The van der Waals surface area contributed by atoms with Gasteiger partial charge in [-0.1, -0.05) is 35.8 Å². The number of rotatable bonds is 7. The number of likely N-dealkylation sites (tertiary alicyclic amines) is 1. The van der Waals surface area contributed by atoms with Gasteiger partial charge >= 0.3 is 0 Å². The molecule has 1 unspecified atom stereocenters. The molecule has 3 nitrogen and oxygen atoms in total. The van der Waals surface area contributed by atoms with Crippen molar-refractivity contribution in [2.45, 2.75) is 39.3 Å². The molecule has 0 bridgehead atoms. The minimum absolute atomic E-state index is 0.709. The molecule has 1 atom stereocenters. The van der Waals surface area contributed by atoms with Gasteiger partial charge in [-0.05, 0) is 50.2 Å². The van der Waals surface area contributed by atoms with Gasteiger partial charge in [-0.25, -0.2) is 0 Å². The number of halogens is 1. The summed E-state index contributed by atoms with van der Waals surface area (Å²) in [6, 6.07) is 7.42. The molecule has 21 heavy (non-hydrogen) atoms. The second kappa shape index (κ2) is 8.16. The van der Waals surface area contributed by atoms with E-state index in [9.17, 15) is 0 Å². The molecule has 0 saturated carbocycles. The minimum atomic E-state index is 0.709. The normalized spacial score (nSPS) is 19.1. The van der Waals surface area contributed by atoms with Crippen LogP contribution in [0.3, 0.4) is 0 Å². The first-order valence-electron chi connectivity index (χ1n) is 8.10. The van der Waals surface area contributed by atoms with Crippen LogP contribution in [0, 0.1) is 0 Å². The first-order valence-corrected chi connectivity index (χ1v) is 8.89. The summed E-state index contributed by atoms with van der Waals surface area (Å²) in [5.41, 5.74) is 2.62. The van der Waals surface area contributed by atoms with Crippen molar-refractivity contribution in [1.82, 2.24) is 10.2 Å². The first kappa shape index (κ1) is 16.8. The molecule has 4 heteroatoms. The Morgan fingerprint density at radius 3 is 2.86 bits per heavy atom. The highest BCUT2D eigenvalue weighted by Gasteiger charge is 2.24. The van der Waals surface area contributed by atoms with Crippen LogP contribution in [0.25, 0.3) is 0 Å². The van der Waals surface area contributed by atoms with Gasteiger partial charge in [-0.3, -0.25) is 4.90 Å². The lowest BCUT2D eigenvalue weighted by molar-refractivity contribution is 0.270. The molecular formula is C17H28BrN3. The summed E-state index contributed by atoms with van der Waals surface area (Å²) in [5.74, 6) is 0. The standard InChI is InChI=1S/C17H28BrN3/c1-4-19-12-14-8-9-15(11-17(14)18)20(3)13-16-7-6-10-21(16)5-2/h8-9,11,16,19H,4-7,10,12-13H2,1-3H3. The van der Waals surface area contributed by atoms with Crippen molar-refractivity contribution < 1.29 is 0 Å². The van der Waals surface area contributed by atoms with Crippen molar-refractivity contribution in [3.8, 4) is 0 Å². The van der Waals surface area contributed by atoms with E-state index in [1.165, 1.54) is 41.7 Å². The molecule has 1 fully saturated rings. The minimum Gasteiger partial charge on any atom is -0.373 e. The zero-order valence-corrected chi connectivity index (χ0v) is 15.1. The van der Waals surface area contributed by atoms with Crippen molar-refractivity contribution in [3.63, 3.8) is 0 Å². The van der Waals surface area contributed by atoms with Gasteiger partial charge < -0.3 is 10.2 Å². The summed E-state index contributed by atoms with van der Waals surface area (Å²) in [4.78, 5) is 4.99. The Morgan fingerprint density at radius 1 is 1.38 bits per heavy atom. The average molecular weight is 354 g/mol. The van der Waals surface area contributed by atoms with Crippen LogP contribution in [0.15, 0.2) is 22.7 Å². The second-order valence-electron chi connectivity index (χ2n) is 5.86. The highest BCUT2D eigenvalue weighted by Crippen LogP contribution is 2.25. The second-order valence-corrected chi connectivity index (χ2v) is 6.72. The van der Waals surface area contributed by atoms with Gasteiger partial charge in [0.2, 0.25) is 0 Å². The molecule has 1 aromatic rings. The molecule has 0 spiro atoms. The van der Waals surface area contributed by atoms with E-state index in [0.717, 1.165) is 19.6 Å². The third kappa shape index (κ3) is 4.44. The maximum atomic E-state index is 3.71. The van der Waals surface area contributed by atoms with Crippen LogP contribution >= 0.6 is 15.9 Å². The third-order valence-corrected chi connectivity index (χ3v) is 5.17. The highest BCUT2D eigenvalue weighted by molar-refractivity contribution is 9.10. The number of hydrogen-bond acceptors (Lipinski definition) is 3. The van der Waals surface area contributed by atoms with Crippen molar-refractivity contribution in [1.29, 1.82) is 0 Å². The fourth-order valence-electron chi connectivity index (χ4n) is 3.12. The van der Waals surface area contributed by atoms with Gasteiger partial charge in [0.05, 0.1) is 0 Å². The van der Waals surface area contributed by atoms with Crippen molar-refractivity contribution in [2.75, 3.05) is 38.1 Å². The van der Waals surface area contributed by atoms with E-state index in [4.69, 9.17) is 0 Å². The van der Waals surface area contributed by atoms with Gasteiger partial charge in [-0.15, -0.1) is 0 Å². The molecule has 1 aliphatic heterocycles. The van der Waals surface area contributed by atoms with E-state index < -0.39 is 0 Å². The number of benzene rings is 1. The Bertz CT molecular complexity index is 450. The highest BCUT2D eigenvalue weighted by atomic mass is 79.9. The molecular weight excluding hydrogens is 326 g/mol. The van der Waals surface area contributed by atoms with E-state index in [1.807, 2.05) is 0 Å². The lowest BCUT2D eigenvalue weighted by atomic mass is 10.1. The largest absolute Gasteiger partial charge is 0.373 e. The molecule has 0 amide bonds. The summed E-state index contributed by atoms with van der Waals surface area (Å²) in [6.45, 7) is 9.88. The van der Waals surface area contributed by atoms with Crippen LogP contribution in [-0.4, -0.2) is 44.2 Å². The predicted octanol–water partition coefficient (Wildman–Crippen LogP) is 3.48. The lowest BCUT2D eigenvalue weighted by Gasteiger charge is -2.29. The van der Waals surface area contributed by atoms with Crippen LogP contribution in [0.1, 0.15) is 32.3 Å². The summed E-state index contributed by atoms with van der Waals surface area (Å²) in [5, 5.41) is 3.38. The molecule has 1 N–H and O–H groups in total. The SMILES string of the molecule is CCNCc1ccc(N(C)CC2CCCN2CC)cc1Br. The van der Waals surface area contributed by atoms with Gasteiger partial charge in [0.25, 0.3) is 0 Å².